The van der Waals surface area contributed by atoms with Crippen LogP contribution in [0.25, 0.3) is 0 Å². The fourth-order valence-electron chi connectivity index (χ4n) is 1.86. The summed E-state index contributed by atoms with van der Waals surface area (Å²) in [6, 6.07) is 16.2. The summed E-state index contributed by atoms with van der Waals surface area (Å²) >= 11 is 0. The van der Waals surface area contributed by atoms with Crippen LogP contribution in [0, 0.1) is 0 Å². The maximum Gasteiger partial charge on any atom is 0.119 e. The molecule has 2 nitrogen and oxygen atoms in total. The van der Waals surface area contributed by atoms with Crippen LogP contribution in [0.3, 0.4) is 0 Å². The summed E-state index contributed by atoms with van der Waals surface area (Å²) in [5.74, 6) is 0.918. The Morgan fingerprint density at radius 3 is 2.39 bits per heavy atom. The third-order valence-electron chi connectivity index (χ3n) is 3.03. The van der Waals surface area contributed by atoms with E-state index in [1.165, 1.54) is 5.56 Å². The number of hydrogen-bond donors (Lipinski definition) is 1. The molecule has 0 aliphatic heterocycles. The molecule has 2 N–H and O–H groups in total. The normalized spacial score (nSPS) is 10.3. The first-order valence-corrected chi connectivity index (χ1v) is 6.34. The van der Waals surface area contributed by atoms with Gasteiger partial charge in [-0.15, -0.1) is 0 Å². The molecule has 0 spiro atoms. The van der Waals surface area contributed by atoms with Crippen molar-refractivity contribution in [3.8, 4) is 5.75 Å². The number of aryl methyl sites for hydroxylation is 1. The van der Waals surface area contributed by atoms with Gasteiger partial charge in [0, 0.05) is 12.1 Å². The third kappa shape index (κ3) is 3.27. The van der Waals surface area contributed by atoms with E-state index in [-0.39, 0.29) is 0 Å². The Morgan fingerprint density at radius 2 is 1.72 bits per heavy atom. The van der Waals surface area contributed by atoms with E-state index < -0.39 is 0 Å². The fraction of sp³-hybridized carbons (Fsp3) is 0.250. The smallest absolute Gasteiger partial charge is 0.119 e. The largest absolute Gasteiger partial charge is 0.493 e. The number of nitrogen functional groups attached to an aromatic ring is 1. The highest BCUT2D eigenvalue weighted by Gasteiger charge is 1.99. The number of benzene rings is 2. The van der Waals surface area contributed by atoms with Gasteiger partial charge in [0.05, 0.1) is 6.61 Å². The van der Waals surface area contributed by atoms with Crippen molar-refractivity contribution in [2.75, 3.05) is 12.3 Å². The van der Waals surface area contributed by atoms with E-state index >= 15 is 0 Å². The first kappa shape index (κ1) is 12.5. The van der Waals surface area contributed by atoms with Gasteiger partial charge >= 0.3 is 0 Å². The highest BCUT2D eigenvalue weighted by Crippen LogP contribution is 2.15. The molecule has 0 radical (unpaired) electrons. The van der Waals surface area contributed by atoms with Gasteiger partial charge in [-0.05, 0) is 35.7 Å². The van der Waals surface area contributed by atoms with Gasteiger partial charge in [-0.25, -0.2) is 0 Å². The van der Waals surface area contributed by atoms with E-state index in [0.717, 1.165) is 29.8 Å². The lowest BCUT2D eigenvalue weighted by molar-refractivity contribution is 0.322. The molecular weight excluding hydrogens is 222 g/mol. The Hall–Kier alpha value is -1.96. The molecule has 2 aromatic rings. The van der Waals surface area contributed by atoms with Crippen LogP contribution in [0.1, 0.15) is 18.1 Å². The van der Waals surface area contributed by atoms with E-state index in [1.54, 1.807) is 0 Å². The lowest BCUT2D eigenvalue weighted by Crippen LogP contribution is -2.03. The lowest BCUT2D eigenvalue weighted by atomic mass is 10.1. The standard InChI is InChI=1S/C16H19NO/c1-2-13-7-9-15(10-8-13)18-12-11-14-5-3-4-6-16(14)17/h3-10H,2,11-12,17H2,1H3. The van der Waals surface area contributed by atoms with E-state index in [9.17, 15) is 0 Å². The van der Waals surface area contributed by atoms with Crippen molar-refractivity contribution >= 4 is 5.69 Å². The van der Waals surface area contributed by atoms with Crippen molar-refractivity contribution in [3.63, 3.8) is 0 Å². The summed E-state index contributed by atoms with van der Waals surface area (Å²) in [4.78, 5) is 0. The minimum atomic E-state index is 0.652. The van der Waals surface area contributed by atoms with Crippen LogP contribution in [0.4, 0.5) is 5.69 Å². The molecule has 0 aliphatic rings. The van der Waals surface area contributed by atoms with Gasteiger partial charge < -0.3 is 10.5 Å². The number of anilines is 1. The molecule has 2 heteroatoms. The highest BCUT2D eigenvalue weighted by molar-refractivity contribution is 5.46. The highest BCUT2D eigenvalue weighted by atomic mass is 16.5. The van der Waals surface area contributed by atoms with Crippen molar-refractivity contribution in [1.29, 1.82) is 0 Å². The number of ether oxygens (including phenoxy) is 1. The van der Waals surface area contributed by atoms with Crippen molar-refractivity contribution in [2.24, 2.45) is 0 Å². The van der Waals surface area contributed by atoms with Crippen LogP contribution in [0.2, 0.25) is 0 Å². The first-order valence-electron chi connectivity index (χ1n) is 6.34. The molecule has 2 rings (SSSR count). The molecule has 0 aromatic heterocycles. The first-order chi connectivity index (χ1) is 8.79. The molecule has 0 unspecified atom stereocenters. The second-order valence-electron chi connectivity index (χ2n) is 4.29. The number of para-hydroxylation sites is 1. The molecule has 0 bridgehead atoms. The molecule has 0 saturated heterocycles. The molecule has 0 fully saturated rings. The average molecular weight is 241 g/mol. The van der Waals surface area contributed by atoms with E-state index in [4.69, 9.17) is 10.5 Å². The fourth-order valence-corrected chi connectivity index (χ4v) is 1.86. The second-order valence-corrected chi connectivity index (χ2v) is 4.29. The summed E-state index contributed by atoms with van der Waals surface area (Å²) in [7, 11) is 0. The summed E-state index contributed by atoms with van der Waals surface area (Å²) in [5.41, 5.74) is 9.19. The molecule has 0 amide bonds. The van der Waals surface area contributed by atoms with Gasteiger partial charge in [-0.3, -0.25) is 0 Å². The van der Waals surface area contributed by atoms with E-state index in [1.807, 2.05) is 36.4 Å². The minimum Gasteiger partial charge on any atom is -0.493 e. The van der Waals surface area contributed by atoms with Crippen LogP contribution >= 0.6 is 0 Å². The molecule has 0 atom stereocenters. The molecular formula is C16H19NO. The number of nitrogens with two attached hydrogens (primary N) is 1. The molecule has 94 valence electrons. The van der Waals surface area contributed by atoms with Crippen LogP contribution in [-0.2, 0) is 12.8 Å². The second kappa shape index (κ2) is 6.10. The van der Waals surface area contributed by atoms with Crippen molar-refractivity contribution in [2.45, 2.75) is 19.8 Å². The van der Waals surface area contributed by atoms with Crippen molar-refractivity contribution in [3.05, 3.63) is 59.7 Å². The number of rotatable bonds is 5. The van der Waals surface area contributed by atoms with Gasteiger partial charge in [0.15, 0.2) is 0 Å². The lowest BCUT2D eigenvalue weighted by Gasteiger charge is -2.08. The van der Waals surface area contributed by atoms with Crippen LogP contribution in [0.15, 0.2) is 48.5 Å². The Balaban J connectivity index is 1.86. The average Bonchev–Trinajstić information content (AvgIpc) is 2.42. The zero-order valence-corrected chi connectivity index (χ0v) is 10.7. The quantitative estimate of drug-likeness (QED) is 0.814. The molecule has 0 saturated carbocycles. The third-order valence-corrected chi connectivity index (χ3v) is 3.03. The van der Waals surface area contributed by atoms with Gasteiger partial charge in [0.1, 0.15) is 5.75 Å². The summed E-state index contributed by atoms with van der Waals surface area (Å²) in [5, 5.41) is 0. The Morgan fingerprint density at radius 1 is 1.00 bits per heavy atom. The summed E-state index contributed by atoms with van der Waals surface area (Å²) in [6.07, 6.45) is 1.89. The zero-order valence-electron chi connectivity index (χ0n) is 10.7. The Kier molecular flexibility index (Phi) is 4.24. The predicted molar refractivity (Wildman–Crippen MR) is 75.9 cm³/mol. The number of hydrogen-bond acceptors (Lipinski definition) is 2. The van der Waals surface area contributed by atoms with E-state index in [0.29, 0.717) is 6.61 Å². The molecule has 0 aliphatic carbocycles. The van der Waals surface area contributed by atoms with Crippen molar-refractivity contribution in [1.82, 2.24) is 0 Å². The van der Waals surface area contributed by atoms with Crippen LogP contribution < -0.4 is 10.5 Å². The van der Waals surface area contributed by atoms with Gasteiger partial charge in [0.25, 0.3) is 0 Å². The van der Waals surface area contributed by atoms with Gasteiger partial charge in [0.2, 0.25) is 0 Å². The van der Waals surface area contributed by atoms with Crippen LogP contribution in [0.5, 0.6) is 5.75 Å². The maximum atomic E-state index is 5.88. The topological polar surface area (TPSA) is 35.2 Å². The zero-order chi connectivity index (χ0) is 12.8. The monoisotopic (exact) mass is 241 g/mol. The molecule has 2 aromatic carbocycles. The summed E-state index contributed by atoms with van der Waals surface area (Å²) in [6.45, 7) is 2.80. The van der Waals surface area contributed by atoms with Crippen LogP contribution in [-0.4, -0.2) is 6.61 Å². The van der Waals surface area contributed by atoms with Gasteiger partial charge in [-0.1, -0.05) is 37.3 Å². The Bertz CT molecular complexity index is 491. The van der Waals surface area contributed by atoms with Crippen molar-refractivity contribution < 1.29 is 4.74 Å². The predicted octanol–water partition coefficient (Wildman–Crippen LogP) is 3.45. The minimum absolute atomic E-state index is 0.652. The molecule has 0 heterocycles. The summed E-state index contributed by atoms with van der Waals surface area (Å²) < 4.78 is 5.71. The maximum absolute atomic E-state index is 5.88. The Labute approximate surface area is 108 Å². The van der Waals surface area contributed by atoms with Gasteiger partial charge in [-0.2, -0.15) is 0 Å². The van der Waals surface area contributed by atoms with E-state index in [2.05, 4.69) is 19.1 Å². The molecule has 18 heavy (non-hydrogen) atoms. The SMILES string of the molecule is CCc1ccc(OCCc2ccccc2N)cc1.